The highest BCUT2D eigenvalue weighted by Crippen LogP contribution is 2.44. The summed E-state index contributed by atoms with van der Waals surface area (Å²) in [6, 6.07) is 4.60. The first-order chi connectivity index (χ1) is 14.6. The number of hydrogen-bond donors (Lipinski definition) is 1. The van der Waals surface area contributed by atoms with Crippen molar-refractivity contribution < 1.29 is 27.5 Å². The summed E-state index contributed by atoms with van der Waals surface area (Å²) >= 11 is 0. The molecular formula is C21H25F3N4O3. The molecule has 0 radical (unpaired) electrons. The second-order valence-corrected chi connectivity index (χ2v) is 8.11. The average Bonchev–Trinajstić information content (AvgIpc) is 3.11. The van der Waals surface area contributed by atoms with Crippen LogP contribution in [0.2, 0.25) is 0 Å². The number of nitrogens with two attached hydrogens (primary N) is 1. The number of nitrogens with zero attached hydrogens (tertiary/aromatic N) is 3. The van der Waals surface area contributed by atoms with Crippen molar-refractivity contribution in [3.05, 3.63) is 29.3 Å². The lowest BCUT2D eigenvalue weighted by Crippen LogP contribution is -2.45. The van der Waals surface area contributed by atoms with E-state index >= 15 is 0 Å². The Morgan fingerprint density at radius 2 is 2.00 bits per heavy atom. The highest BCUT2D eigenvalue weighted by molar-refractivity contribution is 5.88. The molecule has 2 amide bonds. The SMILES string of the molecule is CCOCC(=O)N1CC2(CCN(c3ccc(C#N)c(C(F)(F)F)c3)CC2)CC1C(N)=O. The van der Waals surface area contributed by atoms with Gasteiger partial charge < -0.3 is 20.3 Å². The smallest absolute Gasteiger partial charge is 0.372 e. The van der Waals surface area contributed by atoms with Crippen LogP contribution in [-0.2, 0) is 20.5 Å². The van der Waals surface area contributed by atoms with E-state index in [0.717, 1.165) is 6.07 Å². The number of carbonyl (C=O) groups excluding carboxylic acids is 2. The fourth-order valence-corrected chi connectivity index (χ4v) is 4.51. The van der Waals surface area contributed by atoms with Crippen molar-refractivity contribution in [3.63, 3.8) is 0 Å². The van der Waals surface area contributed by atoms with Gasteiger partial charge in [-0.2, -0.15) is 18.4 Å². The first-order valence-corrected chi connectivity index (χ1v) is 10.1. The van der Waals surface area contributed by atoms with E-state index in [0.29, 0.717) is 51.2 Å². The van der Waals surface area contributed by atoms with E-state index in [4.69, 9.17) is 15.7 Å². The van der Waals surface area contributed by atoms with Crippen LogP contribution in [0.4, 0.5) is 18.9 Å². The highest BCUT2D eigenvalue weighted by atomic mass is 19.4. The third-order valence-electron chi connectivity index (χ3n) is 6.21. The summed E-state index contributed by atoms with van der Waals surface area (Å²) < 4.78 is 45.0. The lowest BCUT2D eigenvalue weighted by atomic mass is 9.76. The van der Waals surface area contributed by atoms with E-state index < -0.39 is 29.3 Å². The van der Waals surface area contributed by atoms with Crippen LogP contribution in [0.1, 0.15) is 37.3 Å². The number of anilines is 1. The van der Waals surface area contributed by atoms with Gasteiger partial charge >= 0.3 is 6.18 Å². The zero-order valence-electron chi connectivity index (χ0n) is 17.2. The second kappa shape index (κ2) is 8.75. The summed E-state index contributed by atoms with van der Waals surface area (Å²) in [6.07, 6.45) is -2.96. The molecule has 1 aromatic rings. The summed E-state index contributed by atoms with van der Waals surface area (Å²) in [7, 11) is 0. The number of rotatable bonds is 5. The van der Waals surface area contributed by atoms with Crippen LogP contribution in [0.15, 0.2) is 18.2 Å². The number of hydrogen-bond acceptors (Lipinski definition) is 5. The third kappa shape index (κ3) is 4.77. The first kappa shape index (κ1) is 22.9. The number of alkyl halides is 3. The Kier molecular flexibility index (Phi) is 6.46. The standard InChI is InChI=1S/C21H25F3N4O3/c1-2-31-12-18(29)28-13-20(10-17(28)19(26)30)5-7-27(8-6-20)15-4-3-14(11-25)16(9-15)21(22,23)24/h3-4,9,17H,2,5-8,10,12-13H2,1H3,(H2,26,30). The van der Waals surface area contributed by atoms with Crippen LogP contribution in [0.3, 0.4) is 0 Å². The Bertz CT molecular complexity index is 889. The number of piperidine rings is 1. The predicted octanol–water partition coefficient (Wildman–Crippen LogP) is 2.29. The zero-order chi connectivity index (χ0) is 22.8. The summed E-state index contributed by atoms with van der Waals surface area (Å²) in [5.41, 5.74) is 4.26. The van der Waals surface area contributed by atoms with Crippen LogP contribution >= 0.6 is 0 Å². The Balaban J connectivity index is 1.74. The van der Waals surface area contributed by atoms with Crippen molar-refractivity contribution in [1.82, 2.24) is 4.90 Å². The zero-order valence-corrected chi connectivity index (χ0v) is 17.2. The van der Waals surface area contributed by atoms with E-state index in [1.807, 2.05) is 4.90 Å². The van der Waals surface area contributed by atoms with Crippen LogP contribution in [0.25, 0.3) is 0 Å². The number of benzene rings is 1. The van der Waals surface area contributed by atoms with Crippen LogP contribution in [0, 0.1) is 16.7 Å². The fraction of sp³-hybridized carbons (Fsp3) is 0.571. The van der Waals surface area contributed by atoms with Gasteiger partial charge in [-0.25, -0.2) is 0 Å². The Morgan fingerprint density at radius 1 is 1.32 bits per heavy atom. The maximum absolute atomic E-state index is 13.3. The molecule has 2 fully saturated rings. The largest absolute Gasteiger partial charge is 0.417 e. The topological polar surface area (TPSA) is 99.7 Å². The molecule has 31 heavy (non-hydrogen) atoms. The molecule has 2 aliphatic heterocycles. The van der Waals surface area contributed by atoms with Gasteiger partial charge in [0.1, 0.15) is 12.6 Å². The van der Waals surface area contributed by atoms with E-state index in [2.05, 4.69) is 0 Å². The molecule has 0 aromatic heterocycles. The van der Waals surface area contributed by atoms with Crippen molar-refractivity contribution in [2.75, 3.05) is 37.7 Å². The molecule has 3 rings (SSSR count). The van der Waals surface area contributed by atoms with Gasteiger partial charge in [-0.1, -0.05) is 0 Å². The molecule has 10 heteroatoms. The van der Waals surface area contributed by atoms with Gasteiger partial charge in [-0.05, 0) is 49.8 Å². The molecule has 2 N–H and O–H groups in total. The number of primary amides is 1. The second-order valence-electron chi connectivity index (χ2n) is 8.11. The number of amides is 2. The van der Waals surface area contributed by atoms with Crippen molar-refractivity contribution in [2.24, 2.45) is 11.1 Å². The molecule has 1 atom stereocenters. The number of halogens is 3. The van der Waals surface area contributed by atoms with Gasteiger partial charge in [0, 0.05) is 31.9 Å². The number of likely N-dealkylation sites (tertiary alicyclic amines) is 1. The van der Waals surface area contributed by atoms with Gasteiger partial charge in [0.2, 0.25) is 11.8 Å². The predicted molar refractivity (Wildman–Crippen MR) is 106 cm³/mol. The maximum atomic E-state index is 13.3. The van der Waals surface area contributed by atoms with E-state index in [1.54, 1.807) is 13.0 Å². The molecule has 2 heterocycles. The number of nitriles is 1. The van der Waals surface area contributed by atoms with Crippen molar-refractivity contribution in [2.45, 2.75) is 38.4 Å². The maximum Gasteiger partial charge on any atom is 0.417 e. The van der Waals surface area contributed by atoms with Crippen LogP contribution in [-0.4, -0.2) is 55.6 Å². The molecule has 0 bridgehead atoms. The van der Waals surface area contributed by atoms with E-state index in [9.17, 15) is 22.8 Å². The molecule has 2 saturated heterocycles. The molecule has 0 saturated carbocycles. The number of ether oxygens (including phenoxy) is 1. The van der Waals surface area contributed by atoms with Gasteiger partial charge in [0.25, 0.3) is 0 Å². The minimum Gasteiger partial charge on any atom is -0.372 e. The minimum atomic E-state index is -4.61. The third-order valence-corrected chi connectivity index (χ3v) is 6.21. The van der Waals surface area contributed by atoms with Gasteiger partial charge in [-0.15, -0.1) is 0 Å². The van der Waals surface area contributed by atoms with E-state index in [1.165, 1.54) is 17.0 Å². The summed E-state index contributed by atoms with van der Waals surface area (Å²) in [5.74, 6) is -0.849. The normalized spacial score (nSPS) is 20.7. The molecule has 2 aliphatic rings. The first-order valence-electron chi connectivity index (χ1n) is 10.1. The molecule has 1 aromatic carbocycles. The lowest BCUT2D eigenvalue weighted by Gasteiger charge is -2.40. The molecule has 7 nitrogen and oxygen atoms in total. The Morgan fingerprint density at radius 3 is 2.55 bits per heavy atom. The van der Waals surface area contributed by atoms with Crippen molar-refractivity contribution in [1.29, 1.82) is 5.26 Å². The fourth-order valence-electron chi connectivity index (χ4n) is 4.51. The monoisotopic (exact) mass is 438 g/mol. The van der Waals surface area contributed by atoms with Crippen LogP contribution < -0.4 is 10.6 Å². The molecular weight excluding hydrogens is 413 g/mol. The Labute approximate surface area is 178 Å². The lowest BCUT2D eigenvalue weighted by molar-refractivity contribution is -0.141. The Hall–Kier alpha value is -2.80. The van der Waals surface area contributed by atoms with E-state index in [-0.39, 0.29) is 17.9 Å². The minimum absolute atomic E-state index is 0.117. The summed E-state index contributed by atoms with van der Waals surface area (Å²) in [6.45, 7) is 3.36. The summed E-state index contributed by atoms with van der Waals surface area (Å²) in [5, 5.41) is 8.97. The van der Waals surface area contributed by atoms with Crippen LogP contribution in [0.5, 0.6) is 0 Å². The molecule has 0 aliphatic carbocycles. The van der Waals surface area contributed by atoms with Gasteiger partial charge in [0.15, 0.2) is 0 Å². The quantitative estimate of drug-likeness (QED) is 0.761. The average molecular weight is 438 g/mol. The molecule has 1 spiro atoms. The molecule has 1 unspecified atom stereocenters. The van der Waals surface area contributed by atoms with Crippen molar-refractivity contribution in [3.8, 4) is 6.07 Å². The summed E-state index contributed by atoms with van der Waals surface area (Å²) in [4.78, 5) is 27.7. The molecule has 168 valence electrons. The van der Waals surface area contributed by atoms with Gasteiger partial charge in [0.05, 0.1) is 17.2 Å². The highest BCUT2D eigenvalue weighted by Gasteiger charge is 2.49. The number of carbonyl (C=O) groups is 2. The van der Waals surface area contributed by atoms with Gasteiger partial charge in [-0.3, -0.25) is 9.59 Å². The van der Waals surface area contributed by atoms with Crippen molar-refractivity contribution >= 4 is 17.5 Å².